The second kappa shape index (κ2) is 6.82. The van der Waals surface area contributed by atoms with Gasteiger partial charge in [0.05, 0.1) is 6.54 Å². The number of halogens is 3. The summed E-state index contributed by atoms with van der Waals surface area (Å²) in [6.45, 7) is 0.507. The van der Waals surface area contributed by atoms with Crippen molar-refractivity contribution >= 4 is 17.3 Å². The summed E-state index contributed by atoms with van der Waals surface area (Å²) >= 11 is 0. The minimum atomic E-state index is -4.16. The Morgan fingerprint density at radius 2 is 2.04 bits per heavy atom. The third kappa shape index (κ3) is 4.35. The van der Waals surface area contributed by atoms with Crippen LogP contribution in [0.3, 0.4) is 0 Å². The molecule has 0 radical (unpaired) electrons. The second-order valence-corrected chi connectivity index (χ2v) is 6.08. The number of piperidine rings is 1. The highest BCUT2D eigenvalue weighted by Crippen LogP contribution is 2.23. The summed E-state index contributed by atoms with van der Waals surface area (Å²) in [5.74, 6) is 0.477. The highest BCUT2D eigenvalue weighted by molar-refractivity contribution is 5.48. The lowest BCUT2D eigenvalue weighted by Gasteiger charge is -2.32. The van der Waals surface area contributed by atoms with Crippen LogP contribution in [0.1, 0.15) is 12.8 Å². The minimum absolute atomic E-state index is 0.223. The van der Waals surface area contributed by atoms with Gasteiger partial charge in [-0.15, -0.1) is 0 Å². The maximum absolute atomic E-state index is 12.4. The number of nitrogens with zero attached hydrogens (tertiary/aromatic N) is 5. The van der Waals surface area contributed by atoms with Crippen molar-refractivity contribution in [2.24, 2.45) is 5.92 Å². The van der Waals surface area contributed by atoms with E-state index in [-0.39, 0.29) is 11.7 Å². The Kier molecular flexibility index (Phi) is 4.75. The van der Waals surface area contributed by atoms with Crippen molar-refractivity contribution in [3.63, 3.8) is 0 Å². The Hall–Kier alpha value is -2.43. The van der Waals surface area contributed by atoms with Crippen LogP contribution in [0.2, 0.25) is 0 Å². The Labute approximate surface area is 140 Å². The molecule has 1 aliphatic heterocycles. The predicted molar refractivity (Wildman–Crippen MR) is 83.4 cm³/mol. The lowest BCUT2D eigenvalue weighted by Crippen LogP contribution is -2.41. The van der Waals surface area contributed by atoms with E-state index >= 15 is 0 Å². The fourth-order valence-corrected chi connectivity index (χ4v) is 2.93. The molecular weight excluding hydrogens is 341 g/mol. The average molecular weight is 358 g/mol. The molecule has 1 fully saturated rings. The molecule has 2 aromatic rings. The standard InChI is InChI=1S/C14H17F3N6O2/c15-14(16,17)9-21-5-3-10(4-6-21)7-18-11-1-2-12-19-8-13(23(24)25)22(12)20-11/h1-2,8,10H,3-7,9H2,(H,18,20). The number of aromatic nitrogens is 3. The molecule has 11 heteroatoms. The number of imidazole rings is 1. The molecule has 0 aliphatic carbocycles. The third-order valence-corrected chi connectivity index (χ3v) is 4.21. The lowest BCUT2D eigenvalue weighted by atomic mass is 9.97. The molecule has 0 aromatic carbocycles. The van der Waals surface area contributed by atoms with Gasteiger partial charge in [0.2, 0.25) is 5.65 Å². The summed E-state index contributed by atoms with van der Waals surface area (Å²) in [6, 6.07) is 3.29. The maximum atomic E-state index is 12.4. The number of hydrogen-bond acceptors (Lipinski definition) is 6. The van der Waals surface area contributed by atoms with E-state index in [1.165, 1.54) is 4.90 Å². The van der Waals surface area contributed by atoms with Crippen molar-refractivity contribution in [2.75, 3.05) is 31.5 Å². The summed E-state index contributed by atoms with van der Waals surface area (Å²) in [7, 11) is 0. The van der Waals surface area contributed by atoms with Crippen molar-refractivity contribution in [2.45, 2.75) is 19.0 Å². The van der Waals surface area contributed by atoms with Crippen LogP contribution in [0.15, 0.2) is 18.3 Å². The van der Waals surface area contributed by atoms with Crippen LogP contribution in [0.4, 0.5) is 24.8 Å². The number of nitrogens with one attached hydrogen (secondary N) is 1. The molecular formula is C14H17F3N6O2. The van der Waals surface area contributed by atoms with E-state index in [4.69, 9.17) is 0 Å². The quantitative estimate of drug-likeness (QED) is 0.652. The smallest absolute Gasteiger partial charge is 0.367 e. The van der Waals surface area contributed by atoms with Crippen LogP contribution in [-0.2, 0) is 0 Å². The molecule has 0 saturated carbocycles. The fraction of sp³-hybridized carbons (Fsp3) is 0.571. The van der Waals surface area contributed by atoms with Gasteiger partial charge < -0.3 is 15.4 Å². The molecule has 25 heavy (non-hydrogen) atoms. The van der Waals surface area contributed by atoms with Crippen molar-refractivity contribution < 1.29 is 18.1 Å². The molecule has 1 aliphatic rings. The Morgan fingerprint density at radius 3 is 2.68 bits per heavy atom. The van der Waals surface area contributed by atoms with E-state index in [9.17, 15) is 23.3 Å². The number of likely N-dealkylation sites (tertiary alicyclic amines) is 1. The van der Waals surface area contributed by atoms with Crippen LogP contribution in [0, 0.1) is 16.0 Å². The zero-order valence-corrected chi connectivity index (χ0v) is 13.2. The first kappa shape index (κ1) is 17.4. The first-order valence-corrected chi connectivity index (χ1v) is 7.84. The minimum Gasteiger partial charge on any atom is -0.367 e. The highest BCUT2D eigenvalue weighted by atomic mass is 19.4. The van der Waals surface area contributed by atoms with Crippen molar-refractivity contribution in [3.8, 4) is 0 Å². The van der Waals surface area contributed by atoms with Gasteiger partial charge in [-0.25, -0.2) is 4.98 Å². The van der Waals surface area contributed by atoms with Gasteiger partial charge in [-0.1, -0.05) is 9.61 Å². The van der Waals surface area contributed by atoms with Crippen LogP contribution in [0.5, 0.6) is 0 Å². The van der Waals surface area contributed by atoms with E-state index in [0.717, 1.165) is 10.7 Å². The first-order valence-electron chi connectivity index (χ1n) is 7.84. The van der Waals surface area contributed by atoms with Gasteiger partial charge >= 0.3 is 12.0 Å². The van der Waals surface area contributed by atoms with Gasteiger partial charge in [0.1, 0.15) is 6.20 Å². The summed E-state index contributed by atoms with van der Waals surface area (Å²) < 4.78 is 38.3. The molecule has 3 heterocycles. The zero-order chi connectivity index (χ0) is 18.0. The van der Waals surface area contributed by atoms with E-state index in [1.807, 2.05) is 0 Å². The van der Waals surface area contributed by atoms with E-state index in [2.05, 4.69) is 15.4 Å². The Morgan fingerprint density at radius 1 is 1.32 bits per heavy atom. The highest BCUT2D eigenvalue weighted by Gasteiger charge is 2.32. The van der Waals surface area contributed by atoms with Gasteiger partial charge in [-0.05, 0) is 42.8 Å². The summed E-state index contributed by atoms with van der Waals surface area (Å²) in [5.41, 5.74) is 0.373. The van der Waals surface area contributed by atoms with Crippen LogP contribution < -0.4 is 5.32 Å². The molecule has 1 saturated heterocycles. The fourth-order valence-electron chi connectivity index (χ4n) is 2.93. The SMILES string of the molecule is O=[N+]([O-])c1cnc2ccc(NCC3CCN(CC(F)(F)F)CC3)nn12. The molecule has 0 spiro atoms. The number of alkyl halides is 3. The summed E-state index contributed by atoms with van der Waals surface area (Å²) in [6.07, 6.45) is -1.69. The molecule has 136 valence electrons. The molecule has 0 unspecified atom stereocenters. The maximum Gasteiger partial charge on any atom is 0.401 e. The number of rotatable bonds is 5. The van der Waals surface area contributed by atoms with Crippen LogP contribution >= 0.6 is 0 Å². The Bertz CT molecular complexity index is 755. The average Bonchev–Trinajstić information content (AvgIpc) is 2.96. The van der Waals surface area contributed by atoms with Gasteiger partial charge in [-0.2, -0.15) is 13.2 Å². The summed E-state index contributed by atoms with van der Waals surface area (Å²) in [5, 5.41) is 18.2. The number of anilines is 1. The largest absolute Gasteiger partial charge is 0.401 e. The van der Waals surface area contributed by atoms with Crippen molar-refractivity contribution in [1.29, 1.82) is 0 Å². The van der Waals surface area contributed by atoms with Crippen molar-refractivity contribution in [1.82, 2.24) is 19.5 Å². The number of nitro groups is 1. The second-order valence-electron chi connectivity index (χ2n) is 6.08. The molecule has 1 N–H and O–H groups in total. The van der Waals surface area contributed by atoms with Gasteiger partial charge in [0.25, 0.3) is 0 Å². The monoisotopic (exact) mass is 358 g/mol. The van der Waals surface area contributed by atoms with E-state index in [1.54, 1.807) is 12.1 Å². The summed E-state index contributed by atoms with van der Waals surface area (Å²) in [4.78, 5) is 15.7. The number of fused-ring (bicyclic) bond motifs is 1. The normalized spacial score (nSPS) is 17.1. The molecule has 0 atom stereocenters. The number of hydrogen-bond donors (Lipinski definition) is 1. The zero-order valence-electron chi connectivity index (χ0n) is 13.2. The third-order valence-electron chi connectivity index (χ3n) is 4.21. The van der Waals surface area contributed by atoms with Crippen molar-refractivity contribution in [3.05, 3.63) is 28.4 Å². The van der Waals surface area contributed by atoms with Gasteiger partial charge in [-0.3, -0.25) is 4.90 Å². The topological polar surface area (TPSA) is 88.6 Å². The Balaban J connectivity index is 1.55. The van der Waals surface area contributed by atoms with Gasteiger partial charge in [0, 0.05) is 12.6 Å². The predicted octanol–water partition coefficient (Wildman–Crippen LogP) is 2.32. The molecule has 0 bridgehead atoms. The van der Waals surface area contributed by atoms with Gasteiger partial charge in [0.15, 0.2) is 5.82 Å². The first-order chi connectivity index (χ1) is 11.8. The molecule has 2 aromatic heterocycles. The van der Waals surface area contributed by atoms with Crippen LogP contribution in [0.25, 0.3) is 5.65 Å². The van der Waals surface area contributed by atoms with E-state index < -0.39 is 17.6 Å². The van der Waals surface area contributed by atoms with Crippen LogP contribution in [-0.4, -0.2) is 56.8 Å². The lowest BCUT2D eigenvalue weighted by molar-refractivity contribution is -0.391. The van der Waals surface area contributed by atoms with E-state index in [0.29, 0.717) is 43.9 Å². The molecule has 3 rings (SSSR count). The molecule has 8 nitrogen and oxygen atoms in total. The molecule has 0 amide bonds.